The SMILES string of the molecule is CC(C)c1nc(CCCC2C[C@H]3CC[C@@H]2C3)ncc1C(=O)O. The second-order valence-corrected chi connectivity index (χ2v) is 7.37. The van der Waals surface area contributed by atoms with Gasteiger partial charge in [-0.05, 0) is 55.8 Å². The molecule has 0 amide bonds. The number of hydrogen-bond acceptors (Lipinski definition) is 3. The van der Waals surface area contributed by atoms with Crippen LogP contribution in [0, 0.1) is 17.8 Å². The molecular weight excluding hydrogens is 276 g/mol. The first-order chi connectivity index (χ1) is 10.5. The normalized spacial score (nSPS) is 26.8. The highest BCUT2D eigenvalue weighted by molar-refractivity contribution is 5.88. The maximum Gasteiger partial charge on any atom is 0.339 e. The summed E-state index contributed by atoms with van der Waals surface area (Å²) in [5.74, 6) is 2.88. The molecule has 2 aliphatic carbocycles. The van der Waals surface area contributed by atoms with Crippen LogP contribution in [0.3, 0.4) is 0 Å². The maximum absolute atomic E-state index is 11.2. The highest BCUT2D eigenvalue weighted by atomic mass is 16.4. The minimum atomic E-state index is -0.933. The molecule has 0 aromatic carbocycles. The van der Waals surface area contributed by atoms with Gasteiger partial charge in [0, 0.05) is 12.6 Å². The third-order valence-electron chi connectivity index (χ3n) is 5.51. The Hall–Kier alpha value is -1.45. The molecule has 1 aromatic rings. The van der Waals surface area contributed by atoms with Crippen LogP contribution in [0.25, 0.3) is 0 Å². The van der Waals surface area contributed by atoms with E-state index >= 15 is 0 Å². The molecule has 2 aliphatic rings. The number of carbonyl (C=O) groups is 1. The molecule has 1 N–H and O–H groups in total. The van der Waals surface area contributed by atoms with Gasteiger partial charge in [-0.15, -0.1) is 0 Å². The monoisotopic (exact) mass is 302 g/mol. The molecule has 0 aliphatic heterocycles. The first-order valence-electron chi connectivity index (χ1n) is 8.63. The summed E-state index contributed by atoms with van der Waals surface area (Å²) in [4.78, 5) is 20.0. The second-order valence-electron chi connectivity index (χ2n) is 7.37. The molecule has 4 nitrogen and oxygen atoms in total. The quantitative estimate of drug-likeness (QED) is 0.860. The van der Waals surface area contributed by atoms with Crippen molar-refractivity contribution in [2.45, 2.75) is 64.7 Å². The third-order valence-corrected chi connectivity index (χ3v) is 5.51. The van der Waals surface area contributed by atoms with E-state index in [1.165, 1.54) is 38.3 Å². The van der Waals surface area contributed by atoms with Crippen molar-refractivity contribution in [2.24, 2.45) is 17.8 Å². The van der Waals surface area contributed by atoms with Crippen molar-refractivity contribution in [3.05, 3.63) is 23.3 Å². The van der Waals surface area contributed by atoms with Crippen LogP contribution in [0.5, 0.6) is 0 Å². The van der Waals surface area contributed by atoms with Gasteiger partial charge in [0.15, 0.2) is 0 Å². The number of nitrogens with zero attached hydrogens (tertiary/aromatic N) is 2. The molecule has 1 heterocycles. The topological polar surface area (TPSA) is 63.1 Å². The minimum Gasteiger partial charge on any atom is -0.478 e. The second kappa shape index (κ2) is 6.35. The molecule has 2 saturated carbocycles. The minimum absolute atomic E-state index is 0.110. The number of carboxylic acid groups (broad SMARTS) is 1. The summed E-state index contributed by atoms with van der Waals surface area (Å²) in [6, 6.07) is 0. The molecule has 0 saturated heterocycles. The first-order valence-corrected chi connectivity index (χ1v) is 8.63. The Bertz CT molecular complexity index is 556. The van der Waals surface area contributed by atoms with Gasteiger partial charge in [-0.2, -0.15) is 0 Å². The van der Waals surface area contributed by atoms with Crippen molar-refractivity contribution in [1.29, 1.82) is 0 Å². The zero-order valence-corrected chi connectivity index (χ0v) is 13.6. The lowest BCUT2D eigenvalue weighted by Crippen LogP contribution is -2.12. The average molecular weight is 302 g/mol. The van der Waals surface area contributed by atoms with Gasteiger partial charge in [0.05, 0.1) is 11.3 Å². The predicted octanol–water partition coefficient (Wildman–Crippen LogP) is 4.06. The van der Waals surface area contributed by atoms with E-state index in [-0.39, 0.29) is 11.5 Å². The summed E-state index contributed by atoms with van der Waals surface area (Å²) in [6.45, 7) is 3.96. The van der Waals surface area contributed by atoms with Crippen LogP contribution < -0.4 is 0 Å². The van der Waals surface area contributed by atoms with Crippen molar-refractivity contribution >= 4 is 5.97 Å². The third kappa shape index (κ3) is 3.16. The van der Waals surface area contributed by atoms with Crippen LogP contribution in [0.2, 0.25) is 0 Å². The van der Waals surface area contributed by atoms with Gasteiger partial charge < -0.3 is 5.11 Å². The fraction of sp³-hybridized carbons (Fsp3) is 0.722. The molecule has 120 valence electrons. The van der Waals surface area contributed by atoms with Gasteiger partial charge in [-0.3, -0.25) is 0 Å². The van der Waals surface area contributed by atoms with Gasteiger partial charge in [-0.1, -0.05) is 20.3 Å². The van der Waals surface area contributed by atoms with Crippen LogP contribution in [0.1, 0.15) is 80.2 Å². The number of rotatable bonds is 6. The van der Waals surface area contributed by atoms with Gasteiger partial charge in [0.1, 0.15) is 5.82 Å². The van der Waals surface area contributed by atoms with Crippen molar-refractivity contribution in [2.75, 3.05) is 0 Å². The van der Waals surface area contributed by atoms with Gasteiger partial charge in [-0.25, -0.2) is 14.8 Å². The molecule has 1 aromatic heterocycles. The lowest BCUT2D eigenvalue weighted by Gasteiger charge is -2.21. The number of carboxylic acids is 1. The standard InChI is InChI=1S/C18H26N2O2/c1-11(2)17-15(18(21)22)10-19-16(20-17)5-3-4-13-8-12-6-7-14(13)9-12/h10-14H,3-9H2,1-2H3,(H,21,22)/t12-,13?,14-/m1/s1. The number of fused-ring (bicyclic) bond motifs is 2. The van der Waals surface area contributed by atoms with Crippen LogP contribution in [0.15, 0.2) is 6.20 Å². The van der Waals surface area contributed by atoms with Gasteiger partial charge >= 0.3 is 5.97 Å². The Balaban J connectivity index is 1.58. The number of aromatic nitrogens is 2. The van der Waals surface area contributed by atoms with E-state index in [2.05, 4.69) is 9.97 Å². The molecule has 22 heavy (non-hydrogen) atoms. The first kappa shape index (κ1) is 15.4. The molecule has 3 rings (SSSR count). The van der Waals surface area contributed by atoms with Crippen molar-refractivity contribution < 1.29 is 9.90 Å². The van der Waals surface area contributed by atoms with E-state index in [1.807, 2.05) is 13.8 Å². The van der Waals surface area contributed by atoms with Crippen molar-refractivity contribution in [1.82, 2.24) is 9.97 Å². The van der Waals surface area contributed by atoms with E-state index in [4.69, 9.17) is 0 Å². The smallest absolute Gasteiger partial charge is 0.339 e. The van der Waals surface area contributed by atoms with E-state index in [1.54, 1.807) is 0 Å². The zero-order valence-electron chi connectivity index (χ0n) is 13.6. The summed E-state index contributed by atoms with van der Waals surface area (Å²) in [7, 11) is 0. The zero-order chi connectivity index (χ0) is 15.7. The maximum atomic E-state index is 11.2. The van der Waals surface area contributed by atoms with E-state index in [9.17, 15) is 9.90 Å². The summed E-state index contributed by atoms with van der Waals surface area (Å²) >= 11 is 0. The molecule has 0 spiro atoms. The molecule has 2 fully saturated rings. The molecule has 3 atom stereocenters. The summed E-state index contributed by atoms with van der Waals surface area (Å²) in [5, 5.41) is 9.21. The Morgan fingerprint density at radius 3 is 2.77 bits per heavy atom. The van der Waals surface area contributed by atoms with Gasteiger partial charge in [0.2, 0.25) is 0 Å². The van der Waals surface area contributed by atoms with Crippen LogP contribution in [0.4, 0.5) is 0 Å². The van der Waals surface area contributed by atoms with Gasteiger partial charge in [0.25, 0.3) is 0 Å². The molecule has 0 radical (unpaired) electrons. The summed E-state index contributed by atoms with van der Waals surface area (Å²) < 4.78 is 0. The van der Waals surface area contributed by atoms with Crippen LogP contribution >= 0.6 is 0 Å². The molecular formula is C18H26N2O2. The van der Waals surface area contributed by atoms with E-state index in [0.29, 0.717) is 5.69 Å². The number of hydrogen-bond donors (Lipinski definition) is 1. The highest BCUT2D eigenvalue weighted by Crippen LogP contribution is 2.49. The predicted molar refractivity (Wildman–Crippen MR) is 85.0 cm³/mol. The largest absolute Gasteiger partial charge is 0.478 e. The molecule has 1 unspecified atom stereocenters. The number of aryl methyl sites for hydroxylation is 1. The van der Waals surface area contributed by atoms with Crippen molar-refractivity contribution in [3.8, 4) is 0 Å². The van der Waals surface area contributed by atoms with E-state index < -0.39 is 5.97 Å². The fourth-order valence-corrected chi connectivity index (χ4v) is 4.41. The lowest BCUT2D eigenvalue weighted by molar-refractivity contribution is 0.0694. The average Bonchev–Trinajstić information content (AvgIpc) is 3.09. The van der Waals surface area contributed by atoms with E-state index in [0.717, 1.165) is 36.4 Å². The fourth-order valence-electron chi connectivity index (χ4n) is 4.41. The summed E-state index contributed by atoms with van der Waals surface area (Å²) in [6.07, 6.45) is 10.5. The Labute approximate surface area is 132 Å². The molecule has 2 bridgehead atoms. The number of aromatic carboxylic acids is 1. The summed E-state index contributed by atoms with van der Waals surface area (Å²) in [5.41, 5.74) is 0.907. The Morgan fingerprint density at radius 2 is 2.18 bits per heavy atom. The highest BCUT2D eigenvalue weighted by Gasteiger charge is 2.38. The lowest BCUT2D eigenvalue weighted by atomic mass is 9.85. The Kier molecular flexibility index (Phi) is 4.46. The van der Waals surface area contributed by atoms with Crippen LogP contribution in [-0.4, -0.2) is 21.0 Å². The molecule has 4 heteroatoms. The Morgan fingerprint density at radius 1 is 1.36 bits per heavy atom. The van der Waals surface area contributed by atoms with Crippen LogP contribution in [-0.2, 0) is 6.42 Å². The van der Waals surface area contributed by atoms with Crippen molar-refractivity contribution in [3.63, 3.8) is 0 Å².